The van der Waals surface area contributed by atoms with E-state index in [2.05, 4.69) is 22.0 Å². The predicted molar refractivity (Wildman–Crippen MR) is 141 cm³/mol. The monoisotopic (exact) mass is 516 g/mol. The topological polar surface area (TPSA) is 124 Å². The molecule has 0 bridgehead atoms. The molecular weight excluding hydrogens is 496 g/mol. The summed E-state index contributed by atoms with van der Waals surface area (Å²) in [5, 5.41) is 18.2. The third kappa shape index (κ3) is 6.02. The molecule has 3 N–H and O–H groups in total. The summed E-state index contributed by atoms with van der Waals surface area (Å²) >= 11 is 2.34. The van der Waals surface area contributed by atoms with Crippen LogP contribution in [0.15, 0.2) is 82.3 Å². The molecule has 0 saturated carbocycles. The van der Waals surface area contributed by atoms with Crippen molar-refractivity contribution in [3.05, 3.63) is 94.8 Å². The molecule has 0 spiro atoms. The van der Waals surface area contributed by atoms with Crippen molar-refractivity contribution in [2.75, 3.05) is 21.7 Å². The maximum Gasteiger partial charge on any atom is 0.291 e. The fraction of sp³-hybridized carbons (Fsp3) is 0.0769. The van der Waals surface area contributed by atoms with Crippen LogP contribution in [0.5, 0.6) is 0 Å². The highest BCUT2D eigenvalue weighted by Crippen LogP contribution is 2.33. The van der Waals surface area contributed by atoms with E-state index >= 15 is 0 Å². The highest BCUT2D eigenvalue weighted by atomic mass is 32.2. The zero-order valence-corrected chi connectivity index (χ0v) is 20.7. The molecule has 10 heteroatoms. The number of thiophene rings is 1. The Labute approximate surface area is 215 Å². The minimum Gasteiger partial charge on any atom is -0.459 e. The first-order chi connectivity index (χ1) is 17.4. The Morgan fingerprint density at radius 1 is 0.944 bits per heavy atom. The number of thioether (sulfide) groups is 1. The van der Waals surface area contributed by atoms with Crippen LogP contribution < -0.4 is 16.0 Å². The van der Waals surface area contributed by atoms with Gasteiger partial charge in [0.15, 0.2) is 5.76 Å². The van der Waals surface area contributed by atoms with Gasteiger partial charge in [-0.05, 0) is 55.0 Å². The molecule has 4 aromatic rings. The van der Waals surface area contributed by atoms with Crippen LogP contribution in [-0.2, 0) is 4.79 Å². The van der Waals surface area contributed by atoms with Gasteiger partial charge in [0, 0.05) is 16.3 Å². The third-order valence-corrected chi connectivity index (χ3v) is 7.16. The lowest BCUT2D eigenvalue weighted by molar-refractivity contribution is -0.113. The Hall–Kier alpha value is -4.33. The van der Waals surface area contributed by atoms with Crippen LogP contribution in [0.1, 0.15) is 31.4 Å². The van der Waals surface area contributed by atoms with Gasteiger partial charge >= 0.3 is 0 Å². The summed E-state index contributed by atoms with van der Waals surface area (Å²) in [6, 6.07) is 21.4. The Kier molecular flexibility index (Phi) is 7.85. The largest absolute Gasteiger partial charge is 0.459 e. The number of anilines is 3. The zero-order chi connectivity index (χ0) is 25.5. The zero-order valence-electron chi connectivity index (χ0n) is 19.0. The first-order valence-electron chi connectivity index (χ1n) is 10.7. The number of nitrogens with zero attached hydrogens (tertiary/aromatic N) is 1. The summed E-state index contributed by atoms with van der Waals surface area (Å²) in [7, 11) is 0. The number of amides is 3. The van der Waals surface area contributed by atoms with Crippen LogP contribution in [0.3, 0.4) is 0 Å². The van der Waals surface area contributed by atoms with Crippen molar-refractivity contribution >= 4 is 57.2 Å². The van der Waals surface area contributed by atoms with Gasteiger partial charge in [-0.25, -0.2) is 0 Å². The second-order valence-corrected chi connectivity index (χ2v) is 9.56. The van der Waals surface area contributed by atoms with Crippen molar-refractivity contribution < 1.29 is 18.8 Å². The lowest BCUT2D eigenvalue weighted by Gasteiger charge is -2.07. The number of para-hydroxylation sites is 1. The average Bonchev–Trinajstić information content (AvgIpc) is 3.52. The molecule has 0 radical (unpaired) electrons. The predicted octanol–water partition coefficient (Wildman–Crippen LogP) is 5.76. The molecule has 0 unspecified atom stereocenters. The fourth-order valence-corrected chi connectivity index (χ4v) is 5.06. The van der Waals surface area contributed by atoms with Crippen molar-refractivity contribution in [2.45, 2.75) is 11.8 Å². The lowest BCUT2D eigenvalue weighted by atomic mass is 10.1. The van der Waals surface area contributed by atoms with E-state index in [0.29, 0.717) is 26.8 Å². The summed E-state index contributed by atoms with van der Waals surface area (Å²) in [5.41, 5.74) is 1.98. The molecule has 0 aliphatic carbocycles. The minimum absolute atomic E-state index is 0.0724. The van der Waals surface area contributed by atoms with Gasteiger partial charge in [-0.1, -0.05) is 24.3 Å². The molecule has 2 heterocycles. The number of benzene rings is 2. The molecule has 2 aromatic heterocycles. The van der Waals surface area contributed by atoms with Crippen molar-refractivity contribution in [3.63, 3.8) is 0 Å². The SMILES string of the molecule is Cc1c(C(=O)Nc2ccccc2)sc(NC(=O)CSc2cccc(NC(=O)c3ccco3)c2)c1C#N. The van der Waals surface area contributed by atoms with E-state index < -0.39 is 0 Å². The maximum absolute atomic E-state index is 12.7. The molecule has 0 aliphatic rings. The van der Waals surface area contributed by atoms with Gasteiger partial charge in [0.2, 0.25) is 5.91 Å². The Bertz CT molecular complexity index is 1440. The average molecular weight is 517 g/mol. The van der Waals surface area contributed by atoms with E-state index in [1.165, 1.54) is 18.0 Å². The van der Waals surface area contributed by atoms with Gasteiger partial charge in [0.1, 0.15) is 11.1 Å². The fourth-order valence-electron chi connectivity index (χ4n) is 3.24. The number of nitriles is 1. The first kappa shape index (κ1) is 24.8. The highest BCUT2D eigenvalue weighted by Gasteiger charge is 2.21. The summed E-state index contributed by atoms with van der Waals surface area (Å²) in [4.78, 5) is 38.7. The van der Waals surface area contributed by atoms with E-state index in [9.17, 15) is 19.6 Å². The second kappa shape index (κ2) is 11.4. The molecule has 36 heavy (non-hydrogen) atoms. The van der Waals surface area contributed by atoms with Crippen LogP contribution in [0.2, 0.25) is 0 Å². The Morgan fingerprint density at radius 3 is 2.42 bits per heavy atom. The third-order valence-electron chi connectivity index (χ3n) is 4.96. The summed E-state index contributed by atoms with van der Waals surface area (Å²) < 4.78 is 5.09. The van der Waals surface area contributed by atoms with E-state index in [4.69, 9.17) is 4.42 Å². The molecule has 0 fully saturated rings. The number of hydrogen-bond donors (Lipinski definition) is 3. The molecule has 180 valence electrons. The van der Waals surface area contributed by atoms with Crippen molar-refractivity contribution in [3.8, 4) is 6.07 Å². The normalized spacial score (nSPS) is 10.3. The molecule has 4 rings (SSSR count). The first-order valence-corrected chi connectivity index (χ1v) is 12.5. The van der Waals surface area contributed by atoms with Crippen LogP contribution in [0, 0.1) is 18.3 Å². The van der Waals surface area contributed by atoms with Crippen LogP contribution >= 0.6 is 23.1 Å². The van der Waals surface area contributed by atoms with Gasteiger partial charge < -0.3 is 20.4 Å². The standard InChI is InChI=1S/C26H20N4O4S2/c1-16-20(14-27)26(36-23(16)25(33)28-17-7-3-2-4-8-17)30-22(31)15-35-19-10-5-9-18(13-19)29-24(32)21-11-6-12-34-21/h2-13H,15H2,1H3,(H,28,33)(H,29,32)(H,30,31). The van der Waals surface area contributed by atoms with Crippen LogP contribution in [-0.4, -0.2) is 23.5 Å². The maximum atomic E-state index is 12.7. The number of hydrogen-bond acceptors (Lipinski definition) is 7. The minimum atomic E-state index is -0.371. The Balaban J connectivity index is 1.38. The summed E-state index contributed by atoms with van der Waals surface area (Å²) in [5.74, 6) is -0.766. The van der Waals surface area contributed by atoms with E-state index in [1.807, 2.05) is 24.3 Å². The molecular formula is C26H20N4O4S2. The van der Waals surface area contributed by atoms with Crippen LogP contribution in [0.4, 0.5) is 16.4 Å². The van der Waals surface area contributed by atoms with Crippen LogP contribution in [0.25, 0.3) is 0 Å². The summed E-state index contributed by atoms with van der Waals surface area (Å²) in [6.45, 7) is 1.68. The quantitative estimate of drug-likeness (QED) is 0.256. The van der Waals surface area contributed by atoms with Crippen molar-refractivity contribution in [2.24, 2.45) is 0 Å². The van der Waals surface area contributed by atoms with Gasteiger partial charge in [-0.2, -0.15) is 5.26 Å². The molecule has 0 saturated heterocycles. The number of carbonyl (C=O) groups excluding carboxylic acids is 3. The smallest absolute Gasteiger partial charge is 0.291 e. The van der Waals surface area contributed by atoms with Gasteiger partial charge in [-0.3, -0.25) is 14.4 Å². The van der Waals surface area contributed by atoms with Crippen molar-refractivity contribution in [1.29, 1.82) is 5.26 Å². The molecule has 3 amide bonds. The van der Waals surface area contributed by atoms with E-state index in [-0.39, 0.29) is 34.8 Å². The highest BCUT2D eigenvalue weighted by molar-refractivity contribution is 8.00. The van der Waals surface area contributed by atoms with Gasteiger partial charge in [0.25, 0.3) is 11.8 Å². The number of carbonyl (C=O) groups is 3. The van der Waals surface area contributed by atoms with Gasteiger partial charge in [-0.15, -0.1) is 23.1 Å². The Morgan fingerprint density at radius 2 is 1.69 bits per heavy atom. The van der Waals surface area contributed by atoms with E-state index in [1.54, 1.807) is 49.4 Å². The molecule has 0 aliphatic heterocycles. The molecule has 2 aromatic carbocycles. The number of furan rings is 1. The van der Waals surface area contributed by atoms with Crippen molar-refractivity contribution in [1.82, 2.24) is 0 Å². The second-order valence-electron chi connectivity index (χ2n) is 7.49. The van der Waals surface area contributed by atoms with Gasteiger partial charge in [0.05, 0.1) is 22.5 Å². The summed E-state index contributed by atoms with van der Waals surface area (Å²) in [6.07, 6.45) is 1.42. The number of rotatable bonds is 8. The lowest BCUT2D eigenvalue weighted by Crippen LogP contribution is -2.14. The molecule has 0 atom stereocenters. The van der Waals surface area contributed by atoms with E-state index in [0.717, 1.165) is 16.2 Å². The number of nitrogens with one attached hydrogen (secondary N) is 3. The molecule has 8 nitrogen and oxygen atoms in total.